The van der Waals surface area contributed by atoms with Crippen LogP contribution in [0, 0.1) is 27.2 Å². The summed E-state index contributed by atoms with van der Waals surface area (Å²) in [4.78, 5) is 44.5. The predicted octanol–water partition coefficient (Wildman–Crippen LogP) is 3.53. The van der Waals surface area contributed by atoms with Gasteiger partial charge in [0, 0.05) is 23.3 Å². The second-order valence-corrected chi connectivity index (χ2v) is 5.30. The van der Waals surface area contributed by atoms with E-state index < -0.39 is 38.4 Å². The number of benzene rings is 2. The first-order chi connectivity index (χ1) is 11.2. The number of nitrogens with zero attached hydrogens (tertiary/aromatic N) is 2. The molecule has 2 aromatic rings. The third-order valence-corrected chi connectivity index (χ3v) is 3.47. The summed E-state index contributed by atoms with van der Waals surface area (Å²) in [7, 11) is 0. The van der Waals surface area contributed by atoms with Crippen LogP contribution in [0.25, 0.3) is 0 Å². The smallest absolute Gasteiger partial charge is 0.277 e. The number of rotatable bonds is 5. The van der Waals surface area contributed by atoms with Gasteiger partial charge in [-0.2, -0.15) is 0 Å². The van der Waals surface area contributed by atoms with E-state index in [1.54, 1.807) is 13.0 Å². The lowest BCUT2D eigenvalue weighted by molar-refractivity contribution is -0.394. The summed E-state index contributed by atoms with van der Waals surface area (Å²) in [6, 6.07) is 6.74. The summed E-state index contributed by atoms with van der Waals surface area (Å²) in [5, 5.41) is 21.7. The molecule has 0 N–H and O–H groups in total. The summed E-state index contributed by atoms with van der Waals surface area (Å²) in [5.74, 6) is -2.12. The maximum absolute atomic E-state index is 12.3. The predicted molar refractivity (Wildman–Crippen MR) is 84.6 cm³/mol. The number of ketones is 2. The number of Topliss-reactive ketones (excluding diaryl/α,β-unsaturated/α-hetero) is 2. The lowest BCUT2D eigenvalue weighted by Crippen LogP contribution is -2.15. The third kappa shape index (κ3) is 3.44. The second-order valence-electron chi connectivity index (χ2n) is 4.89. The number of halogens is 1. The van der Waals surface area contributed by atoms with Crippen molar-refractivity contribution in [1.29, 1.82) is 0 Å². The molecule has 9 heteroatoms. The Morgan fingerprint density at radius 2 is 1.46 bits per heavy atom. The van der Waals surface area contributed by atoms with Crippen molar-refractivity contribution >= 4 is 34.5 Å². The van der Waals surface area contributed by atoms with E-state index >= 15 is 0 Å². The molecule has 0 atom stereocenters. The van der Waals surface area contributed by atoms with Crippen molar-refractivity contribution in [3.05, 3.63) is 78.3 Å². The highest BCUT2D eigenvalue weighted by Crippen LogP contribution is 2.25. The Morgan fingerprint density at radius 3 is 1.92 bits per heavy atom. The van der Waals surface area contributed by atoms with Gasteiger partial charge in [-0.3, -0.25) is 29.8 Å². The van der Waals surface area contributed by atoms with Gasteiger partial charge in [-0.05, 0) is 24.6 Å². The topological polar surface area (TPSA) is 120 Å². The molecule has 0 spiro atoms. The SMILES string of the molecule is Cc1ccc(C(=O)C(=O)c2cc([N+](=O)[O-])cc([N+](=O)[O-])c2)c(Cl)c1. The molecule has 0 unspecified atom stereocenters. The van der Waals surface area contributed by atoms with Crippen LogP contribution >= 0.6 is 11.6 Å². The van der Waals surface area contributed by atoms with Crippen molar-refractivity contribution in [1.82, 2.24) is 0 Å². The lowest BCUT2D eigenvalue weighted by atomic mass is 10.00. The van der Waals surface area contributed by atoms with Crippen LogP contribution in [0.2, 0.25) is 5.02 Å². The quantitative estimate of drug-likeness (QED) is 0.352. The maximum atomic E-state index is 12.3. The fraction of sp³-hybridized carbons (Fsp3) is 0.0667. The van der Waals surface area contributed by atoms with Gasteiger partial charge in [0.15, 0.2) is 0 Å². The monoisotopic (exact) mass is 348 g/mol. The number of carbonyl (C=O) groups is 2. The normalized spacial score (nSPS) is 10.2. The zero-order valence-corrected chi connectivity index (χ0v) is 12.9. The van der Waals surface area contributed by atoms with Crippen molar-refractivity contribution in [2.75, 3.05) is 0 Å². The van der Waals surface area contributed by atoms with E-state index in [4.69, 9.17) is 11.6 Å². The molecule has 0 fully saturated rings. The Balaban J connectivity index is 2.50. The van der Waals surface area contributed by atoms with Crippen LogP contribution in [0.15, 0.2) is 36.4 Å². The van der Waals surface area contributed by atoms with E-state index in [1.807, 2.05) is 0 Å². The van der Waals surface area contributed by atoms with Gasteiger partial charge in [0.25, 0.3) is 11.4 Å². The summed E-state index contributed by atoms with van der Waals surface area (Å²) in [5.41, 5.74) is -1.07. The molecule has 8 nitrogen and oxygen atoms in total. The van der Waals surface area contributed by atoms with Crippen LogP contribution in [0.3, 0.4) is 0 Å². The Bertz CT molecular complexity index is 861. The largest absolute Gasteiger partial charge is 0.285 e. The van der Waals surface area contributed by atoms with Crippen molar-refractivity contribution in [2.45, 2.75) is 6.92 Å². The third-order valence-electron chi connectivity index (χ3n) is 3.16. The standard InChI is InChI=1S/C15H9ClN2O6/c1-8-2-3-12(13(16)4-8)15(20)14(19)9-5-10(17(21)22)7-11(6-9)18(23)24/h2-7H,1H3. The molecule has 0 heterocycles. The summed E-state index contributed by atoms with van der Waals surface area (Å²) in [6.45, 7) is 1.74. The first-order valence-corrected chi connectivity index (χ1v) is 6.87. The minimum absolute atomic E-state index is 0.0493. The van der Waals surface area contributed by atoms with Gasteiger partial charge in [-0.1, -0.05) is 17.7 Å². The van der Waals surface area contributed by atoms with Gasteiger partial charge in [0.2, 0.25) is 11.6 Å². The molecule has 0 aliphatic carbocycles. The van der Waals surface area contributed by atoms with Gasteiger partial charge < -0.3 is 0 Å². The number of non-ortho nitro benzene ring substituents is 2. The van der Waals surface area contributed by atoms with Gasteiger partial charge in [-0.15, -0.1) is 0 Å². The highest BCUT2D eigenvalue weighted by molar-refractivity contribution is 6.52. The van der Waals surface area contributed by atoms with Crippen molar-refractivity contribution in [3.8, 4) is 0 Å². The Hall–Kier alpha value is -3.13. The highest BCUT2D eigenvalue weighted by Gasteiger charge is 2.25. The van der Waals surface area contributed by atoms with Gasteiger partial charge >= 0.3 is 0 Å². The average Bonchev–Trinajstić information content (AvgIpc) is 2.53. The Morgan fingerprint density at radius 1 is 0.917 bits per heavy atom. The molecule has 24 heavy (non-hydrogen) atoms. The molecule has 0 bridgehead atoms. The van der Waals surface area contributed by atoms with E-state index in [0.717, 1.165) is 17.7 Å². The fourth-order valence-electron chi connectivity index (χ4n) is 1.99. The van der Waals surface area contributed by atoms with E-state index in [9.17, 15) is 29.8 Å². The first kappa shape index (κ1) is 17.2. The number of nitro groups is 2. The molecular formula is C15H9ClN2O6. The van der Waals surface area contributed by atoms with Crippen LogP contribution in [-0.4, -0.2) is 21.4 Å². The number of carbonyl (C=O) groups excluding carboxylic acids is 2. The first-order valence-electron chi connectivity index (χ1n) is 6.49. The molecular weight excluding hydrogens is 340 g/mol. The zero-order chi connectivity index (χ0) is 18.0. The molecule has 2 rings (SSSR count). The molecule has 0 saturated heterocycles. The number of hydrogen-bond donors (Lipinski definition) is 0. The highest BCUT2D eigenvalue weighted by atomic mass is 35.5. The van der Waals surface area contributed by atoms with Gasteiger partial charge in [0.05, 0.1) is 20.9 Å². The van der Waals surface area contributed by atoms with Crippen molar-refractivity contribution in [2.24, 2.45) is 0 Å². The van der Waals surface area contributed by atoms with Gasteiger partial charge in [0.1, 0.15) is 0 Å². The summed E-state index contributed by atoms with van der Waals surface area (Å²) in [6.07, 6.45) is 0. The Kier molecular flexibility index (Phi) is 4.70. The number of hydrogen-bond acceptors (Lipinski definition) is 6. The van der Waals surface area contributed by atoms with Crippen LogP contribution < -0.4 is 0 Å². The van der Waals surface area contributed by atoms with Crippen LogP contribution in [-0.2, 0) is 0 Å². The second kappa shape index (κ2) is 6.55. The number of aryl methyl sites for hydroxylation is 1. The van der Waals surface area contributed by atoms with Crippen molar-refractivity contribution < 1.29 is 19.4 Å². The lowest BCUT2D eigenvalue weighted by Gasteiger charge is -2.04. The zero-order valence-electron chi connectivity index (χ0n) is 12.2. The van der Waals surface area contributed by atoms with E-state index in [-0.39, 0.29) is 10.6 Å². The minimum Gasteiger partial charge on any atom is -0.285 e. The van der Waals surface area contributed by atoms with Crippen LogP contribution in [0.1, 0.15) is 26.3 Å². The molecule has 0 amide bonds. The average molecular weight is 349 g/mol. The van der Waals surface area contributed by atoms with Gasteiger partial charge in [-0.25, -0.2) is 0 Å². The number of nitro benzene ring substituents is 2. The summed E-state index contributed by atoms with van der Waals surface area (Å²) < 4.78 is 0. The summed E-state index contributed by atoms with van der Waals surface area (Å²) >= 11 is 5.93. The molecule has 122 valence electrons. The van der Waals surface area contributed by atoms with E-state index in [1.165, 1.54) is 12.1 Å². The molecule has 0 radical (unpaired) electrons. The Labute approximate surface area is 140 Å². The molecule has 0 aliphatic rings. The van der Waals surface area contributed by atoms with Crippen molar-refractivity contribution in [3.63, 3.8) is 0 Å². The maximum Gasteiger partial charge on any atom is 0.277 e. The minimum atomic E-state index is -1.12. The van der Waals surface area contributed by atoms with E-state index in [0.29, 0.717) is 6.07 Å². The molecule has 2 aromatic carbocycles. The molecule has 0 aromatic heterocycles. The van der Waals surface area contributed by atoms with E-state index in [2.05, 4.69) is 0 Å². The molecule has 0 aliphatic heterocycles. The van der Waals surface area contributed by atoms with Crippen LogP contribution in [0.5, 0.6) is 0 Å². The molecule has 0 saturated carbocycles. The fourth-order valence-corrected chi connectivity index (χ4v) is 2.32. The van der Waals surface area contributed by atoms with Crippen LogP contribution in [0.4, 0.5) is 11.4 Å².